The Bertz CT molecular complexity index is 546. The summed E-state index contributed by atoms with van der Waals surface area (Å²) < 4.78 is 2.08. The Labute approximate surface area is 93.0 Å². The van der Waals surface area contributed by atoms with Crippen LogP contribution in [0.5, 0.6) is 0 Å². The quantitative estimate of drug-likeness (QED) is 0.758. The van der Waals surface area contributed by atoms with Crippen LogP contribution in [0.25, 0.3) is 10.9 Å². The molecule has 0 fully saturated rings. The molecule has 1 aromatic heterocycles. The molecule has 3 heteroatoms. The van der Waals surface area contributed by atoms with Gasteiger partial charge in [-0.1, -0.05) is 17.7 Å². The summed E-state index contributed by atoms with van der Waals surface area (Å²) >= 11 is 5.48. The molecule has 0 saturated carbocycles. The second kappa shape index (κ2) is 4.20. The van der Waals surface area contributed by atoms with Gasteiger partial charge in [-0.3, -0.25) is 0 Å². The van der Waals surface area contributed by atoms with Crippen molar-refractivity contribution in [1.82, 2.24) is 4.57 Å². The van der Waals surface area contributed by atoms with Crippen molar-refractivity contribution >= 4 is 22.5 Å². The van der Waals surface area contributed by atoms with Gasteiger partial charge in [0.15, 0.2) is 0 Å². The lowest BCUT2D eigenvalue weighted by molar-refractivity contribution is 0.865. The minimum atomic E-state index is 0.688. The van der Waals surface area contributed by atoms with Crippen LogP contribution >= 0.6 is 11.6 Å². The fourth-order valence-corrected chi connectivity index (χ4v) is 1.66. The van der Waals surface area contributed by atoms with E-state index >= 15 is 0 Å². The first-order valence-electron chi connectivity index (χ1n) is 4.59. The molecule has 0 unspecified atom stereocenters. The maximum Gasteiger partial charge on any atom is 0.0991 e. The van der Waals surface area contributed by atoms with Crippen molar-refractivity contribution in [3.05, 3.63) is 47.6 Å². The number of aromatic nitrogens is 1. The maximum absolute atomic E-state index is 8.76. The Hall–Kier alpha value is -1.72. The molecule has 15 heavy (non-hydrogen) atoms. The molecule has 2 aromatic rings. The Morgan fingerprint density at radius 2 is 2.27 bits per heavy atom. The van der Waals surface area contributed by atoms with Crippen molar-refractivity contribution in [2.24, 2.45) is 0 Å². The third-order valence-corrected chi connectivity index (χ3v) is 2.47. The van der Waals surface area contributed by atoms with E-state index in [0.717, 1.165) is 17.4 Å². The van der Waals surface area contributed by atoms with Crippen LogP contribution in [0, 0.1) is 11.3 Å². The van der Waals surface area contributed by atoms with Crippen molar-refractivity contribution < 1.29 is 0 Å². The molecule has 0 spiro atoms. The summed E-state index contributed by atoms with van der Waals surface area (Å²) in [4.78, 5) is 0. The van der Waals surface area contributed by atoms with E-state index in [1.807, 2.05) is 36.5 Å². The molecule has 0 bridgehead atoms. The lowest BCUT2D eigenvalue weighted by atomic mass is 10.2. The molecule has 0 aliphatic rings. The molecule has 74 valence electrons. The van der Waals surface area contributed by atoms with Gasteiger partial charge >= 0.3 is 0 Å². The topological polar surface area (TPSA) is 28.7 Å². The molecule has 1 aromatic carbocycles. The predicted molar refractivity (Wildman–Crippen MR) is 61.6 cm³/mol. The van der Waals surface area contributed by atoms with Gasteiger partial charge in [-0.05, 0) is 24.3 Å². The molecule has 0 amide bonds. The fraction of sp³-hybridized carbons (Fsp3) is 0.0833. The average Bonchev–Trinajstić information content (AvgIpc) is 2.68. The molecule has 0 aliphatic carbocycles. The SMILES string of the molecule is N#Cc1ccc2c(ccn2C/C=C/Cl)c1. The summed E-state index contributed by atoms with van der Waals surface area (Å²) in [5, 5.41) is 9.84. The van der Waals surface area contributed by atoms with E-state index in [1.54, 1.807) is 0 Å². The monoisotopic (exact) mass is 216 g/mol. The molecule has 0 saturated heterocycles. The highest BCUT2D eigenvalue weighted by Gasteiger charge is 2.00. The molecule has 0 atom stereocenters. The molecular weight excluding hydrogens is 208 g/mol. The number of fused-ring (bicyclic) bond motifs is 1. The zero-order chi connectivity index (χ0) is 10.7. The Morgan fingerprint density at radius 3 is 3.00 bits per heavy atom. The average molecular weight is 217 g/mol. The van der Waals surface area contributed by atoms with Crippen molar-refractivity contribution in [3.63, 3.8) is 0 Å². The third-order valence-electron chi connectivity index (χ3n) is 2.29. The molecule has 2 nitrogen and oxygen atoms in total. The van der Waals surface area contributed by atoms with Crippen LogP contribution in [0.2, 0.25) is 0 Å². The second-order valence-electron chi connectivity index (χ2n) is 3.22. The van der Waals surface area contributed by atoms with E-state index in [9.17, 15) is 0 Å². The zero-order valence-corrected chi connectivity index (χ0v) is 8.78. The lowest BCUT2D eigenvalue weighted by Crippen LogP contribution is -1.91. The van der Waals surface area contributed by atoms with Crippen LogP contribution in [0.4, 0.5) is 0 Å². The van der Waals surface area contributed by atoms with Gasteiger partial charge in [0, 0.05) is 29.2 Å². The summed E-state index contributed by atoms with van der Waals surface area (Å²) in [6.07, 6.45) is 3.86. The fourth-order valence-electron chi connectivity index (χ4n) is 1.58. The number of rotatable bonds is 2. The van der Waals surface area contributed by atoms with E-state index in [4.69, 9.17) is 16.9 Å². The summed E-state index contributed by atoms with van der Waals surface area (Å²) in [6.45, 7) is 0.749. The van der Waals surface area contributed by atoms with Gasteiger partial charge < -0.3 is 4.57 Å². The van der Waals surface area contributed by atoms with Gasteiger partial charge in [0.05, 0.1) is 11.6 Å². The van der Waals surface area contributed by atoms with Crippen LogP contribution in [0.3, 0.4) is 0 Å². The highest BCUT2D eigenvalue weighted by molar-refractivity contribution is 6.25. The van der Waals surface area contributed by atoms with Crippen LogP contribution < -0.4 is 0 Å². The summed E-state index contributed by atoms with van der Waals surface area (Å²) in [7, 11) is 0. The van der Waals surface area contributed by atoms with E-state index in [2.05, 4.69) is 10.6 Å². The van der Waals surface area contributed by atoms with E-state index < -0.39 is 0 Å². The van der Waals surface area contributed by atoms with Crippen molar-refractivity contribution in [2.45, 2.75) is 6.54 Å². The van der Waals surface area contributed by atoms with E-state index in [-0.39, 0.29) is 0 Å². The number of hydrogen-bond donors (Lipinski definition) is 0. The van der Waals surface area contributed by atoms with Crippen LogP contribution in [0.1, 0.15) is 5.56 Å². The molecule has 2 rings (SSSR count). The molecule has 0 aliphatic heterocycles. The van der Waals surface area contributed by atoms with Crippen molar-refractivity contribution in [2.75, 3.05) is 0 Å². The Kier molecular flexibility index (Phi) is 2.75. The van der Waals surface area contributed by atoms with Crippen LogP contribution in [0.15, 0.2) is 42.1 Å². The largest absolute Gasteiger partial charge is 0.344 e. The minimum Gasteiger partial charge on any atom is -0.344 e. The summed E-state index contributed by atoms with van der Waals surface area (Å²) in [5.74, 6) is 0. The van der Waals surface area contributed by atoms with Crippen molar-refractivity contribution in [1.29, 1.82) is 5.26 Å². The highest BCUT2D eigenvalue weighted by Crippen LogP contribution is 2.17. The number of allylic oxidation sites excluding steroid dienone is 1. The van der Waals surface area contributed by atoms with Crippen LogP contribution in [-0.4, -0.2) is 4.57 Å². The number of nitriles is 1. The summed E-state index contributed by atoms with van der Waals surface area (Å²) in [6, 6.07) is 9.79. The first-order valence-corrected chi connectivity index (χ1v) is 5.03. The van der Waals surface area contributed by atoms with Gasteiger partial charge in [0.1, 0.15) is 0 Å². The van der Waals surface area contributed by atoms with Crippen LogP contribution in [-0.2, 0) is 6.54 Å². The molecule has 0 N–H and O–H groups in total. The first-order chi connectivity index (χ1) is 7.35. The van der Waals surface area contributed by atoms with Gasteiger partial charge in [-0.2, -0.15) is 5.26 Å². The number of nitrogens with zero attached hydrogens (tertiary/aromatic N) is 2. The normalized spacial score (nSPS) is 10.9. The van der Waals surface area contributed by atoms with Gasteiger partial charge in [0.2, 0.25) is 0 Å². The zero-order valence-electron chi connectivity index (χ0n) is 8.02. The second-order valence-corrected chi connectivity index (χ2v) is 3.47. The third kappa shape index (κ3) is 1.88. The first kappa shape index (κ1) is 9.82. The number of hydrogen-bond acceptors (Lipinski definition) is 1. The highest BCUT2D eigenvalue weighted by atomic mass is 35.5. The lowest BCUT2D eigenvalue weighted by Gasteiger charge is -2.00. The van der Waals surface area contributed by atoms with Gasteiger partial charge in [-0.15, -0.1) is 0 Å². The number of benzene rings is 1. The Balaban J connectivity index is 2.48. The standard InChI is InChI=1S/C12H9ClN2/c13-5-1-6-15-7-4-11-8-10(9-14)2-3-12(11)15/h1-5,7-8H,6H2/b5-1+. The maximum atomic E-state index is 8.76. The molecule has 0 radical (unpaired) electrons. The van der Waals surface area contributed by atoms with E-state index in [0.29, 0.717) is 5.56 Å². The van der Waals surface area contributed by atoms with E-state index in [1.165, 1.54) is 5.54 Å². The minimum absolute atomic E-state index is 0.688. The molecular formula is C12H9ClN2. The number of halogens is 1. The predicted octanol–water partition coefficient (Wildman–Crippen LogP) is 3.27. The van der Waals surface area contributed by atoms with Gasteiger partial charge in [-0.25, -0.2) is 0 Å². The van der Waals surface area contributed by atoms with Crippen molar-refractivity contribution in [3.8, 4) is 6.07 Å². The van der Waals surface area contributed by atoms with Gasteiger partial charge in [0.25, 0.3) is 0 Å². The molecule has 1 heterocycles. The summed E-state index contributed by atoms with van der Waals surface area (Å²) in [5.41, 5.74) is 3.31. The Morgan fingerprint density at radius 1 is 1.40 bits per heavy atom. The smallest absolute Gasteiger partial charge is 0.0991 e.